The Balaban J connectivity index is 0. The molecule has 0 heterocycles. The van der Waals surface area contributed by atoms with Crippen LogP contribution in [0.4, 0.5) is 0 Å². The van der Waals surface area contributed by atoms with Gasteiger partial charge in [-0.1, -0.05) is 0 Å². The summed E-state index contributed by atoms with van der Waals surface area (Å²) in [5, 5.41) is 0. The van der Waals surface area contributed by atoms with Crippen molar-refractivity contribution in [3.05, 3.63) is 0 Å². The first kappa shape index (κ1) is 43.4. The Morgan fingerprint density at radius 1 is 1.00 bits per heavy atom. The van der Waals surface area contributed by atoms with Crippen molar-refractivity contribution < 1.29 is 69.8 Å². The van der Waals surface area contributed by atoms with Crippen molar-refractivity contribution in [1.29, 1.82) is 0 Å². The van der Waals surface area contributed by atoms with Gasteiger partial charge in [-0.15, -0.1) is 0 Å². The largest absolute Gasteiger partial charge is 0 e. The second-order valence-corrected chi connectivity index (χ2v) is 0. The Morgan fingerprint density at radius 2 is 1.00 bits per heavy atom. The third-order valence-electron chi connectivity index (χ3n) is 0. The zero-order chi connectivity index (χ0) is 0. The van der Waals surface area contributed by atoms with Gasteiger partial charge in [0.2, 0.25) is 0 Å². The van der Waals surface area contributed by atoms with E-state index in [-0.39, 0.29) is 95.7 Å². The maximum atomic E-state index is 0. The summed E-state index contributed by atoms with van der Waals surface area (Å²) in [5.74, 6) is 0. The average molecular weight is 364 g/mol. The molecule has 0 saturated carbocycles. The zero-order valence-electron chi connectivity index (χ0n) is 1.66. The molecule has 0 unspecified atom stereocenters. The molecule has 0 rings (SSSR count). The van der Waals surface area contributed by atoms with E-state index in [9.17, 15) is 0 Å². The summed E-state index contributed by atoms with van der Waals surface area (Å²) in [7, 11) is 0. The maximum Gasteiger partial charge on any atom is 0 e. The molecule has 0 aromatic carbocycles. The minimum atomic E-state index is 0. The Morgan fingerprint density at radius 3 is 1.00 bits per heavy atom. The van der Waals surface area contributed by atoms with Crippen LogP contribution in [-0.2, 0) is 69.8 Å². The minimum absolute atomic E-state index is 0. The standard InChI is InChI=1S/Co.Cu.In.Ni.Zn.3H. The van der Waals surface area contributed by atoms with E-state index in [2.05, 4.69) is 0 Å². The molecule has 0 aromatic heterocycles. The minimum Gasteiger partial charge on any atom is 0 e. The van der Waals surface area contributed by atoms with E-state index in [0.29, 0.717) is 0 Å². The fourth-order valence-electron chi connectivity index (χ4n) is 0. The quantitative estimate of drug-likeness (QED) is 0.474. The smallest absolute Gasteiger partial charge is 0 e. The van der Waals surface area contributed by atoms with Gasteiger partial charge in [0.05, 0.1) is 0 Å². The predicted octanol–water partition coefficient (Wildman–Crippen LogP) is -1.19. The maximum absolute atomic E-state index is 0. The van der Waals surface area contributed by atoms with Crippen LogP contribution >= 0.6 is 0 Å². The molecule has 0 aliphatic heterocycles. The molecule has 0 bridgehead atoms. The van der Waals surface area contributed by atoms with Crippen LogP contribution in [-0.4, -0.2) is 25.8 Å². The van der Waals surface area contributed by atoms with Crippen molar-refractivity contribution in [2.45, 2.75) is 0 Å². The predicted molar refractivity (Wildman–Crippen MR) is 9.94 cm³/mol. The van der Waals surface area contributed by atoms with Gasteiger partial charge in [0.15, 0.2) is 0 Å². The first-order chi connectivity index (χ1) is 0. The van der Waals surface area contributed by atoms with Crippen molar-refractivity contribution in [3.63, 3.8) is 0 Å². The van der Waals surface area contributed by atoms with Gasteiger partial charge in [0, 0.05) is 69.8 Å². The summed E-state index contributed by atoms with van der Waals surface area (Å²) in [6.07, 6.45) is 0. The van der Waals surface area contributed by atoms with Gasteiger partial charge >= 0.3 is 25.8 Å². The van der Waals surface area contributed by atoms with Crippen LogP contribution in [0.5, 0.6) is 0 Å². The molecule has 0 aliphatic rings. The number of hydrogen-bond acceptors (Lipinski definition) is 0. The SMILES string of the molecule is [Co].[Cu].[InH3].[Ni].[Zn]. The molecule has 0 atom stereocenters. The zero-order valence-corrected chi connectivity index (χ0v) is 7.60. The summed E-state index contributed by atoms with van der Waals surface area (Å²) in [6.45, 7) is 0. The summed E-state index contributed by atoms with van der Waals surface area (Å²) >= 11 is 0. The van der Waals surface area contributed by atoms with E-state index >= 15 is 0 Å². The Hall–Kier alpha value is 3.01. The van der Waals surface area contributed by atoms with Crippen molar-refractivity contribution in [2.75, 3.05) is 0 Å². The van der Waals surface area contributed by atoms with Crippen LogP contribution < -0.4 is 0 Å². The van der Waals surface area contributed by atoms with E-state index in [1.54, 1.807) is 0 Å². The van der Waals surface area contributed by atoms with Crippen LogP contribution in [0.1, 0.15) is 0 Å². The molecule has 5 heteroatoms. The van der Waals surface area contributed by atoms with Crippen LogP contribution in [0.2, 0.25) is 0 Å². The second-order valence-electron chi connectivity index (χ2n) is 0. The Kier molecular flexibility index (Phi) is 243. The molecule has 0 fully saturated rings. The molecule has 0 saturated heterocycles. The van der Waals surface area contributed by atoms with E-state index < -0.39 is 0 Å². The van der Waals surface area contributed by atoms with Gasteiger partial charge in [-0.2, -0.15) is 0 Å². The molecule has 5 heavy (non-hydrogen) atoms. The molecule has 0 nitrogen and oxygen atoms in total. The van der Waals surface area contributed by atoms with Gasteiger partial charge in [-0.05, 0) is 0 Å². The van der Waals surface area contributed by atoms with Crippen LogP contribution in [0.3, 0.4) is 0 Å². The normalized spacial score (nSPS) is 0. The monoisotopic (exact) mass is 362 g/mol. The molecule has 0 N–H and O–H groups in total. The van der Waals surface area contributed by atoms with Gasteiger partial charge < -0.3 is 0 Å². The fraction of sp³-hybridized carbons (Fsp3) is 0. The Labute approximate surface area is 94.1 Å². The summed E-state index contributed by atoms with van der Waals surface area (Å²) in [5.41, 5.74) is 0. The molecular weight excluding hydrogens is 361 g/mol. The van der Waals surface area contributed by atoms with Gasteiger partial charge in [-0.3, -0.25) is 0 Å². The summed E-state index contributed by atoms with van der Waals surface area (Å²) < 4.78 is 0. The third kappa shape index (κ3) is 19.4. The van der Waals surface area contributed by atoms with E-state index in [1.165, 1.54) is 0 Å². The third-order valence-corrected chi connectivity index (χ3v) is 0. The van der Waals surface area contributed by atoms with Crippen molar-refractivity contribution >= 4 is 25.8 Å². The average Bonchev–Trinajstić information content (AvgIpc) is 0. The fourth-order valence-corrected chi connectivity index (χ4v) is 0. The van der Waals surface area contributed by atoms with Gasteiger partial charge in [0.25, 0.3) is 0 Å². The summed E-state index contributed by atoms with van der Waals surface area (Å²) in [6, 6.07) is 0. The van der Waals surface area contributed by atoms with Crippen LogP contribution in [0, 0.1) is 0 Å². The van der Waals surface area contributed by atoms with E-state index in [0.717, 1.165) is 0 Å². The second kappa shape index (κ2) is 27.9. The molecule has 2 radical (unpaired) electrons. The number of hydrogen-bond donors (Lipinski definition) is 0. The van der Waals surface area contributed by atoms with Crippen LogP contribution in [0.15, 0.2) is 0 Å². The van der Waals surface area contributed by atoms with Crippen molar-refractivity contribution in [1.82, 2.24) is 0 Å². The Bertz CT molecular complexity index is 11.6. The van der Waals surface area contributed by atoms with Crippen LogP contribution in [0.25, 0.3) is 0 Å². The molecule has 0 aliphatic carbocycles. The van der Waals surface area contributed by atoms with Crippen molar-refractivity contribution in [2.24, 2.45) is 0 Å². The molecule has 0 amide bonds. The molecule has 0 spiro atoms. The van der Waals surface area contributed by atoms with Gasteiger partial charge in [-0.25, -0.2) is 0 Å². The topological polar surface area (TPSA) is 0 Å². The first-order valence-corrected chi connectivity index (χ1v) is 0. The van der Waals surface area contributed by atoms with Gasteiger partial charge in [0.1, 0.15) is 0 Å². The summed E-state index contributed by atoms with van der Waals surface area (Å²) in [4.78, 5) is 0. The number of rotatable bonds is 0. The molecule has 0 aromatic rings. The first-order valence-electron chi connectivity index (χ1n) is 0. The molecular formula is H3CoCuInNiZn. The van der Waals surface area contributed by atoms with Crippen molar-refractivity contribution in [3.8, 4) is 0 Å². The molecule has 38 valence electrons. The van der Waals surface area contributed by atoms with E-state index in [4.69, 9.17) is 0 Å². The van der Waals surface area contributed by atoms with E-state index in [1.807, 2.05) is 0 Å².